The summed E-state index contributed by atoms with van der Waals surface area (Å²) < 4.78 is 12.1. The number of likely N-dealkylation sites (tertiary alicyclic amines) is 1. The topological polar surface area (TPSA) is 92.9 Å². The van der Waals surface area contributed by atoms with E-state index in [0.29, 0.717) is 28.1 Å². The van der Waals surface area contributed by atoms with Gasteiger partial charge < -0.3 is 14.3 Å². The van der Waals surface area contributed by atoms with Gasteiger partial charge in [0.2, 0.25) is 11.2 Å². The third-order valence-electron chi connectivity index (χ3n) is 6.28. The van der Waals surface area contributed by atoms with Crippen molar-refractivity contribution in [2.45, 2.75) is 39.7 Å². The molecule has 1 N–H and O–H groups in total. The smallest absolute Gasteiger partial charge is 0.375 e. The van der Waals surface area contributed by atoms with E-state index < -0.39 is 5.97 Å². The number of ether oxygens (including phenoxy) is 1. The van der Waals surface area contributed by atoms with Crippen LogP contribution >= 0.6 is 11.3 Å². The predicted octanol–water partition coefficient (Wildman–Crippen LogP) is 5.25. The van der Waals surface area contributed by atoms with Gasteiger partial charge in [-0.2, -0.15) is 0 Å². The normalized spacial score (nSPS) is 14.6. The van der Waals surface area contributed by atoms with E-state index in [4.69, 9.17) is 9.15 Å². The van der Waals surface area contributed by atoms with Crippen molar-refractivity contribution in [1.29, 1.82) is 0 Å². The van der Waals surface area contributed by atoms with Crippen molar-refractivity contribution in [1.82, 2.24) is 9.88 Å². The molecule has 0 radical (unpaired) electrons. The van der Waals surface area contributed by atoms with E-state index >= 15 is 0 Å². The van der Waals surface area contributed by atoms with Crippen molar-refractivity contribution in [2.75, 3.05) is 19.7 Å². The van der Waals surface area contributed by atoms with Gasteiger partial charge in [-0.1, -0.05) is 18.6 Å². The first kappa shape index (κ1) is 22.6. The number of fused-ring (bicyclic) bond motifs is 2. The zero-order chi connectivity index (χ0) is 23.8. The number of rotatable bonds is 5. The van der Waals surface area contributed by atoms with Gasteiger partial charge in [-0.05, 0) is 58.0 Å². The van der Waals surface area contributed by atoms with Gasteiger partial charge in [-0.3, -0.25) is 9.69 Å². The Morgan fingerprint density at radius 3 is 2.74 bits per heavy atom. The van der Waals surface area contributed by atoms with Gasteiger partial charge in [-0.15, -0.1) is 11.3 Å². The Morgan fingerprint density at radius 1 is 1.24 bits per heavy atom. The van der Waals surface area contributed by atoms with E-state index in [1.165, 1.54) is 17.8 Å². The first-order valence-corrected chi connectivity index (χ1v) is 12.4. The molecule has 0 aliphatic carbocycles. The molecule has 0 unspecified atom stereocenters. The quantitative estimate of drug-likeness (QED) is 0.392. The van der Waals surface area contributed by atoms with E-state index in [1.54, 1.807) is 19.9 Å². The van der Waals surface area contributed by atoms with E-state index in [2.05, 4.69) is 9.88 Å². The van der Waals surface area contributed by atoms with Crippen molar-refractivity contribution >= 4 is 38.5 Å². The van der Waals surface area contributed by atoms with Gasteiger partial charge >= 0.3 is 5.97 Å². The molecule has 7 nitrogen and oxygen atoms in total. The largest absolute Gasteiger partial charge is 0.507 e. The number of phenolic OH excluding ortho intramolecular Hbond substituents is 1. The molecule has 2 aromatic heterocycles. The SMILES string of the molecule is CCOC(=O)c1oc2c(C)c(O)c(CN3CCCCC3)cc2c(=O)c1-c1nc2ccccc2s1. The van der Waals surface area contributed by atoms with Gasteiger partial charge in [0.05, 0.1) is 22.2 Å². The second-order valence-electron chi connectivity index (χ2n) is 8.57. The Hall–Kier alpha value is -3.23. The predicted molar refractivity (Wildman–Crippen MR) is 133 cm³/mol. The lowest BCUT2D eigenvalue weighted by atomic mass is 10.0. The molecule has 0 amide bonds. The molecule has 0 saturated carbocycles. The van der Waals surface area contributed by atoms with E-state index in [9.17, 15) is 14.7 Å². The average Bonchev–Trinajstić information content (AvgIpc) is 3.27. The summed E-state index contributed by atoms with van der Waals surface area (Å²) >= 11 is 1.33. The highest BCUT2D eigenvalue weighted by atomic mass is 32.1. The van der Waals surface area contributed by atoms with Crippen LogP contribution in [0.1, 0.15) is 47.9 Å². The lowest BCUT2D eigenvalue weighted by molar-refractivity contribution is 0.0492. The molecule has 2 aromatic carbocycles. The molecule has 176 valence electrons. The molecule has 1 fully saturated rings. The highest BCUT2D eigenvalue weighted by Gasteiger charge is 2.27. The highest BCUT2D eigenvalue weighted by molar-refractivity contribution is 7.21. The summed E-state index contributed by atoms with van der Waals surface area (Å²) in [5.41, 5.74) is 1.79. The van der Waals surface area contributed by atoms with Crippen LogP contribution in [0.15, 0.2) is 39.5 Å². The van der Waals surface area contributed by atoms with Crippen molar-refractivity contribution in [3.8, 4) is 16.3 Å². The summed E-state index contributed by atoms with van der Waals surface area (Å²) in [5.74, 6) is -0.833. The van der Waals surface area contributed by atoms with Crippen molar-refractivity contribution < 1.29 is 19.1 Å². The summed E-state index contributed by atoms with van der Waals surface area (Å²) in [4.78, 5) is 33.6. The molecule has 1 aliphatic rings. The number of hydrogen-bond acceptors (Lipinski definition) is 8. The maximum absolute atomic E-state index is 13.8. The number of carbonyl (C=O) groups excluding carboxylic acids is 1. The van der Waals surface area contributed by atoms with Gasteiger partial charge in [-0.25, -0.2) is 9.78 Å². The molecular weight excluding hydrogens is 452 g/mol. The van der Waals surface area contributed by atoms with E-state index in [0.717, 1.165) is 36.1 Å². The lowest BCUT2D eigenvalue weighted by Crippen LogP contribution is -2.29. The molecule has 0 spiro atoms. The maximum Gasteiger partial charge on any atom is 0.375 e. The van der Waals surface area contributed by atoms with Gasteiger partial charge in [0.25, 0.3) is 0 Å². The zero-order valence-corrected chi connectivity index (χ0v) is 20.0. The number of para-hydroxylation sites is 1. The summed E-state index contributed by atoms with van der Waals surface area (Å²) in [6.07, 6.45) is 3.46. The standard InChI is InChI=1S/C26H26N2O5S/c1-3-32-26(31)24-20(25-27-18-9-5-6-10-19(18)34-25)22(30)17-13-16(14-28-11-7-4-8-12-28)21(29)15(2)23(17)33-24/h5-6,9-10,13,29H,3-4,7-8,11-12,14H2,1-2H3. The van der Waals surface area contributed by atoms with Crippen LogP contribution < -0.4 is 5.43 Å². The average molecular weight is 479 g/mol. The maximum atomic E-state index is 13.8. The van der Waals surface area contributed by atoms with Crippen LogP contribution in [0.4, 0.5) is 0 Å². The monoisotopic (exact) mass is 478 g/mol. The van der Waals surface area contributed by atoms with E-state index in [-0.39, 0.29) is 34.7 Å². The third-order valence-corrected chi connectivity index (χ3v) is 7.33. The number of aromatic nitrogens is 1. The molecule has 5 rings (SSSR count). The molecule has 0 bridgehead atoms. The Labute approximate surface area is 200 Å². The number of carbonyl (C=O) groups is 1. The Bertz CT molecular complexity index is 1420. The number of phenols is 1. The summed E-state index contributed by atoms with van der Waals surface area (Å²) in [7, 11) is 0. The van der Waals surface area contributed by atoms with Gasteiger partial charge in [0.15, 0.2) is 0 Å². The first-order chi connectivity index (χ1) is 16.5. The molecule has 0 atom stereocenters. The number of aromatic hydroxyl groups is 1. The minimum absolute atomic E-state index is 0.0868. The van der Waals surface area contributed by atoms with Crippen LogP contribution in [0.25, 0.3) is 31.8 Å². The number of piperidine rings is 1. The van der Waals surface area contributed by atoms with Gasteiger partial charge in [0.1, 0.15) is 21.9 Å². The second-order valence-corrected chi connectivity index (χ2v) is 9.60. The second kappa shape index (κ2) is 9.19. The van der Waals surface area contributed by atoms with Crippen molar-refractivity contribution in [3.05, 3.63) is 57.4 Å². The minimum atomic E-state index is -0.730. The summed E-state index contributed by atoms with van der Waals surface area (Å²) in [5, 5.41) is 11.6. The third kappa shape index (κ3) is 3.97. The van der Waals surface area contributed by atoms with E-state index in [1.807, 2.05) is 24.3 Å². The molecule has 1 saturated heterocycles. The number of nitrogens with zero attached hydrogens (tertiary/aromatic N) is 2. The Morgan fingerprint density at radius 2 is 2.00 bits per heavy atom. The molecule has 8 heteroatoms. The van der Waals surface area contributed by atoms with Crippen LogP contribution in [-0.2, 0) is 11.3 Å². The van der Waals surface area contributed by atoms with Crippen LogP contribution in [0.5, 0.6) is 5.75 Å². The van der Waals surface area contributed by atoms with Gasteiger partial charge in [0, 0.05) is 17.7 Å². The number of benzene rings is 2. The number of esters is 1. The van der Waals surface area contributed by atoms with Crippen LogP contribution in [0, 0.1) is 6.92 Å². The fourth-order valence-corrected chi connectivity index (χ4v) is 5.55. The first-order valence-electron chi connectivity index (χ1n) is 11.6. The van der Waals surface area contributed by atoms with Crippen LogP contribution in [0.3, 0.4) is 0 Å². The lowest BCUT2D eigenvalue weighted by Gasteiger charge is -2.27. The molecule has 34 heavy (non-hydrogen) atoms. The summed E-state index contributed by atoms with van der Waals surface area (Å²) in [6.45, 7) is 6.01. The molecule has 1 aliphatic heterocycles. The van der Waals surface area contributed by atoms with Crippen molar-refractivity contribution in [3.63, 3.8) is 0 Å². The fraction of sp³-hybridized carbons (Fsp3) is 0.346. The molecule has 4 aromatic rings. The highest BCUT2D eigenvalue weighted by Crippen LogP contribution is 2.36. The Balaban J connectivity index is 1.73. The fourth-order valence-electron chi connectivity index (χ4n) is 4.54. The Kier molecular flexibility index (Phi) is 6.10. The zero-order valence-electron chi connectivity index (χ0n) is 19.2. The minimum Gasteiger partial charge on any atom is -0.507 e. The van der Waals surface area contributed by atoms with Crippen molar-refractivity contribution in [2.24, 2.45) is 0 Å². The number of thiazole rings is 1. The summed E-state index contributed by atoms with van der Waals surface area (Å²) in [6, 6.07) is 9.26. The van der Waals surface area contributed by atoms with Crippen LogP contribution in [-0.4, -0.2) is 40.7 Å². The molecule has 3 heterocycles. The number of aryl methyl sites for hydroxylation is 1. The van der Waals surface area contributed by atoms with Crippen LogP contribution in [0.2, 0.25) is 0 Å². The number of hydrogen-bond donors (Lipinski definition) is 1. The molecular formula is C26H26N2O5S.